The van der Waals surface area contributed by atoms with E-state index in [2.05, 4.69) is 65.8 Å². The summed E-state index contributed by atoms with van der Waals surface area (Å²) in [6, 6.07) is 11.9. The van der Waals surface area contributed by atoms with Crippen LogP contribution in [0.25, 0.3) is 11.3 Å². The Morgan fingerprint density at radius 3 is 2.52 bits per heavy atom. The molecule has 0 unspecified atom stereocenters. The van der Waals surface area contributed by atoms with Crippen molar-refractivity contribution in [3.8, 4) is 11.3 Å². The van der Waals surface area contributed by atoms with Gasteiger partial charge in [-0.2, -0.15) is 5.10 Å². The minimum absolute atomic E-state index is 0.384. The number of aromatic nitrogens is 2. The van der Waals surface area contributed by atoms with E-state index in [1.54, 1.807) is 0 Å². The molecule has 1 saturated heterocycles. The van der Waals surface area contributed by atoms with Crippen LogP contribution in [0.2, 0.25) is 0 Å². The van der Waals surface area contributed by atoms with Crippen LogP contribution in [0.15, 0.2) is 36.5 Å². The second-order valence-electron chi connectivity index (χ2n) is 6.30. The van der Waals surface area contributed by atoms with Gasteiger partial charge in [0, 0.05) is 23.8 Å². The van der Waals surface area contributed by atoms with Crippen LogP contribution in [0.4, 0.5) is 0 Å². The number of hydrogen-bond donors (Lipinski definition) is 0. The molecule has 0 saturated carbocycles. The summed E-state index contributed by atoms with van der Waals surface area (Å²) in [6.07, 6.45) is 4.57. The third-order valence-corrected chi connectivity index (χ3v) is 4.51. The first-order valence-corrected chi connectivity index (χ1v) is 8.04. The zero-order valence-corrected chi connectivity index (χ0v) is 13.3. The minimum atomic E-state index is 0.384. The van der Waals surface area contributed by atoms with E-state index in [1.165, 1.54) is 42.8 Å². The number of rotatable bonds is 4. The molecule has 112 valence electrons. The van der Waals surface area contributed by atoms with Gasteiger partial charge in [0.05, 0.1) is 5.69 Å². The van der Waals surface area contributed by atoms with Crippen LogP contribution >= 0.6 is 0 Å². The van der Waals surface area contributed by atoms with Gasteiger partial charge in [-0.05, 0) is 64.4 Å². The summed E-state index contributed by atoms with van der Waals surface area (Å²) in [4.78, 5) is 2.58. The van der Waals surface area contributed by atoms with Gasteiger partial charge in [-0.3, -0.25) is 9.58 Å². The largest absolute Gasteiger partial charge is 0.297 e. The Bertz CT molecular complexity index is 594. The summed E-state index contributed by atoms with van der Waals surface area (Å²) in [5.74, 6) is 0. The Kier molecular flexibility index (Phi) is 4.11. The first kappa shape index (κ1) is 14.3. The zero-order valence-electron chi connectivity index (χ0n) is 13.3. The predicted octanol–water partition coefficient (Wildman–Crippen LogP) is 4.29. The molecule has 0 N–H and O–H groups in total. The number of nitrogens with zero attached hydrogens (tertiary/aromatic N) is 3. The molecule has 2 aromatic rings. The number of benzene rings is 1. The molecule has 1 aromatic heterocycles. The summed E-state index contributed by atoms with van der Waals surface area (Å²) in [5.41, 5.74) is 3.89. The van der Waals surface area contributed by atoms with Gasteiger partial charge in [0.1, 0.15) is 0 Å². The molecule has 1 atom stereocenters. The van der Waals surface area contributed by atoms with Crippen LogP contribution in [0, 0.1) is 0 Å². The smallest absolute Gasteiger partial charge is 0.0685 e. The molecule has 0 aliphatic carbocycles. The highest BCUT2D eigenvalue weighted by Crippen LogP contribution is 2.29. The second kappa shape index (κ2) is 6.02. The lowest BCUT2D eigenvalue weighted by Gasteiger charge is -2.24. The van der Waals surface area contributed by atoms with Gasteiger partial charge >= 0.3 is 0 Å². The van der Waals surface area contributed by atoms with Gasteiger partial charge in [-0.25, -0.2) is 0 Å². The molecule has 1 aromatic carbocycles. The fourth-order valence-electron chi connectivity index (χ4n) is 3.25. The lowest BCUT2D eigenvalue weighted by Crippen LogP contribution is -2.23. The zero-order chi connectivity index (χ0) is 14.8. The predicted molar refractivity (Wildman–Crippen MR) is 87.3 cm³/mol. The molecule has 0 bridgehead atoms. The fraction of sp³-hybridized carbons (Fsp3) is 0.500. The molecule has 3 nitrogen and oxygen atoms in total. The molecule has 1 fully saturated rings. The van der Waals surface area contributed by atoms with Gasteiger partial charge in [-0.1, -0.05) is 18.2 Å². The number of likely N-dealkylation sites (tertiary alicyclic amines) is 1. The third kappa shape index (κ3) is 2.88. The molecule has 1 aliphatic rings. The molecular formula is C18H25N3. The Morgan fingerprint density at radius 2 is 1.81 bits per heavy atom. The van der Waals surface area contributed by atoms with E-state index >= 15 is 0 Å². The maximum absolute atomic E-state index is 4.45. The molecular weight excluding hydrogens is 258 g/mol. The molecule has 3 rings (SSSR count). The molecule has 2 heterocycles. The Hall–Kier alpha value is -1.61. The van der Waals surface area contributed by atoms with E-state index in [4.69, 9.17) is 0 Å². The first-order chi connectivity index (χ1) is 10.2. The van der Waals surface area contributed by atoms with Crippen LogP contribution in [-0.2, 0) is 0 Å². The molecule has 21 heavy (non-hydrogen) atoms. The monoisotopic (exact) mass is 283 g/mol. The normalized spacial score (nSPS) is 17.5. The van der Waals surface area contributed by atoms with Gasteiger partial charge in [0.15, 0.2) is 0 Å². The van der Waals surface area contributed by atoms with Crippen molar-refractivity contribution in [2.24, 2.45) is 0 Å². The maximum atomic E-state index is 4.45. The van der Waals surface area contributed by atoms with Crippen molar-refractivity contribution < 1.29 is 0 Å². The topological polar surface area (TPSA) is 21.1 Å². The minimum Gasteiger partial charge on any atom is -0.297 e. The van der Waals surface area contributed by atoms with Gasteiger partial charge in [0.2, 0.25) is 0 Å². The summed E-state index contributed by atoms with van der Waals surface area (Å²) in [7, 11) is 0. The Balaban J connectivity index is 1.90. The summed E-state index contributed by atoms with van der Waals surface area (Å²) in [6.45, 7) is 9.13. The first-order valence-electron chi connectivity index (χ1n) is 8.04. The van der Waals surface area contributed by atoms with Crippen LogP contribution in [0.3, 0.4) is 0 Å². The van der Waals surface area contributed by atoms with Crippen molar-refractivity contribution in [2.45, 2.75) is 45.7 Å². The summed E-state index contributed by atoms with van der Waals surface area (Å²) in [5, 5.41) is 4.45. The van der Waals surface area contributed by atoms with Crippen LogP contribution in [-0.4, -0.2) is 27.8 Å². The standard InChI is InChI=1S/C18H25N3/c1-14(2)21-18(9-10-19-21)17-8-6-7-16(13-17)15(3)20-11-4-5-12-20/h6-10,13-15H,4-5,11-12H2,1-3H3/t15-/m0/s1. The van der Waals surface area contributed by atoms with Crippen molar-refractivity contribution in [3.63, 3.8) is 0 Å². The van der Waals surface area contributed by atoms with Crippen molar-refractivity contribution in [2.75, 3.05) is 13.1 Å². The third-order valence-electron chi connectivity index (χ3n) is 4.51. The van der Waals surface area contributed by atoms with E-state index in [0.29, 0.717) is 12.1 Å². The molecule has 0 amide bonds. The molecule has 3 heteroatoms. The molecule has 1 aliphatic heterocycles. The van der Waals surface area contributed by atoms with Crippen molar-refractivity contribution >= 4 is 0 Å². The number of hydrogen-bond acceptors (Lipinski definition) is 2. The van der Waals surface area contributed by atoms with E-state index in [0.717, 1.165) is 0 Å². The van der Waals surface area contributed by atoms with Crippen molar-refractivity contribution in [1.29, 1.82) is 0 Å². The molecule has 0 spiro atoms. The highest BCUT2D eigenvalue weighted by atomic mass is 15.3. The maximum Gasteiger partial charge on any atom is 0.0685 e. The Morgan fingerprint density at radius 1 is 1.05 bits per heavy atom. The summed E-state index contributed by atoms with van der Waals surface area (Å²) < 4.78 is 2.10. The van der Waals surface area contributed by atoms with Crippen LogP contribution < -0.4 is 0 Å². The van der Waals surface area contributed by atoms with Crippen molar-refractivity contribution in [1.82, 2.24) is 14.7 Å². The highest BCUT2D eigenvalue weighted by Gasteiger charge is 2.20. The Labute approximate surface area is 127 Å². The van der Waals surface area contributed by atoms with E-state index in [1.807, 2.05) is 6.20 Å². The van der Waals surface area contributed by atoms with Gasteiger partial charge in [0.25, 0.3) is 0 Å². The fourth-order valence-corrected chi connectivity index (χ4v) is 3.25. The SMILES string of the molecule is CC(C)n1nccc1-c1cccc([C@H](C)N2CCCC2)c1. The van der Waals surface area contributed by atoms with Gasteiger partial charge in [-0.15, -0.1) is 0 Å². The summed E-state index contributed by atoms with van der Waals surface area (Å²) >= 11 is 0. The lowest BCUT2D eigenvalue weighted by molar-refractivity contribution is 0.263. The molecule has 0 radical (unpaired) electrons. The highest BCUT2D eigenvalue weighted by molar-refractivity contribution is 5.60. The quantitative estimate of drug-likeness (QED) is 0.834. The van der Waals surface area contributed by atoms with Crippen molar-refractivity contribution in [3.05, 3.63) is 42.1 Å². The van der Waals surface area contributed by atoms with Crippen LogP contribution in [0.1, 0.15) is 51.3 Å². The average molecular weight is 283 g/mol. The second-order valence-corrected chi connectivity index (χ2v) is 6.30. The van der Waals surface area contributed by atoms with Gasteiger partial charge < -0.3 is 0 Å². The van der Waals surface area contributed by atoms with E-state index < -0.39 is 0 Å². The van der Waals surface area contributed by atoms with Crippen LogP contribution in [0.5, 0.6) is 0 Å². The lowest BCUT2D eigenvalue weighted by atomic mass is 10.0. The van der Waals surface area contributed by atoms with E-state index in [9.17, 15) is 0 Å². The van der Waals surface area contributed by atoms with E-state index in [-0.39, 0.29) is 0 Å². The average Bonchev–Trinajstić information content (AvgIpc) is 3.17.